The average Bonchev–Trinajstić information content (AvgIpc) is 3.27. The summed E-state index contributed by atoms with van der Waals surface area (Å²) in [6.07, 6.45) is 5.53. The fourth-order valence-corrected chi connectivity index (χ4v) is 4.48. The second-order valence-corrected chi connectivity index (χ2v) is 7.70. The van der Waals surface area contributed by atoms with Crippen molar-refractivity contribution in [2.45, 2.75) is 37.6 Å². The SMILES string of the molecule is CN1CCC(n2ncc3c2NC(=O)CC3c2ccc3c(c2)CCO3)CC1. The van der Waals surface area contributed by atoms with E-state index in [9.17, 15) is 4.79 Å². The lowest BCUT2D eigenvalue weighted by molar-refractivity contribution is -0.116. The van der Waals surface area contributed by atoms with Crippen molar-refractivity contribution < 1.29 is 9.53 Å². The molecule has 0 radical (unpaired) electrons. The van der Waals surface area contributed by atoms with Crippen molar-refractivity contribution in [2.24, 2.45) is 0 Å². The zero-order chi connectivity index (χ0) is 17.7. The maximum Gasteiger partial charge on any atom is 0.226 e. The number of carbonyl (C=O) groups is 1. The van der Waals surface area contributed by atoms with E-state index < -0.39 is 0 Å². The van der Waals surface area contributed by atoms with Gasteiger partial charge in [-0.05, 0) is 50.2 Å². The number of hydrogen-bond acceptors (Lipinski definition) is 4. The number of amides is 1. The number of fused-ring (bicyclic) bond motifs is 2. The summed E-state index contributed by atoms with van der Waals surface area (Å²) < 4.78 is 7.68. The Morgan fingerprint density at radius 2 is 2.12 bits per heavy atom. The molecule has 1 atom stereocenters. The quantitative estimate of drug-likeness (QED) is 0.902. The minimum atomic E-state index is 0.0738. The van der Waals surface area contributed by atoms with Crippen molar-refractivity contribution in [3.05, 3.63) is 41.1 Å². The lowest BCUT2D eigenvalue weighted by atomic mass is 9.86. The first kappa shape index (κ1) is 15.9. The number of anilines is 1. The van der Waals surface area contributed by atoms with Gasteiger partial charge in [-0.15, -0.1) is 0 Å². The van der Waals surface area contributed by atoms with Crippen LogP contribution < -0.4 is 10.1 Å². The minimum absolute atomic E-state index is 0.0738. The maximum atomic E-state index is 12.4. The first-order chi connectivity index (χ1) is 12.7. The van der Waals surface area contributed by atoms with Crippen molar-refractivity contribution in [3.63, 3.8) is 0 Å². The molecule has 3 aliphatic rings. The van der Waals surface area contributed by atoms with E-state index in [4.69, 9.17) is 4.74 Å². The predicted molar refractivity (Wildman–Crippen MR) is 98.7 cm³/mol. The highest BCUT2D eigenvalue weighted by Gasteiger charge is 2.33. The summed E-state index contributed by atoms with van der Waals surface area (Å²) in [6, 6.07) is 6.72. The Hall–Kier alpha value is -2.34. The van der Waals surface area contributed by atoms with Crippen LogP contribution in [0.1, 0.15) is 47.9 Å². The molecule has 1 saturated heterocycles. The second kappa shape index (κ2) is 6.13. The number of nitrogens with zero attached hydrogens (tertiary/aromatic N) is 3. The standard InChI is InChI=1S/C20H24N4O2/c1-23-7-4-15(5-8-23)24-20-17(12-21-24)16(11-19(25)22-20)13-2-3-18-14(10-13)6-9-26-18/h2-3,10,12,15-16H,4-9,11H2,1H3,(H,22,25). The van der Waals surface area contributed by atoms with Crippen molar-refractivity contribution in [1.82, 2.24) is 14.7 Å². The molecule has 3 aliphatic heterocycles. The summed E-state index contributed by atoms with van der Waals surface area (Å²) in [5, 5.41) is 7.78. The molecule has 0 saturated carbocycles. The highest BCUT2D eigenvalue weighted by molar-refractivity contribution is 5.94. The van der Waals surface area contributed by atoms with Crippen LogP contribution in [-0.2, 0) is 11.2 Å². The first-order valence-corrected chi connectivity index (χ1v) is 9.50. The van der Waals surface area contributed by atoms with E-state index in [1.165, 1.54) is 11.1 Å². The van der Waals surface area contributed by atoms with Gasteiger partial charge < -0.3 is 15.0 Å². The van der Waals surface area contributed by atoms with E-state index >= 15 is 0 Å². The topological polar surface area (TPSA) is 59.4 Å². The summed E-state index contributed by atoms with van der Waals surface area (Å²) in [7, 11) is 2.16. The van der Waals surface area contributed by atoms with Crippen LogP contribution in [-0.4, -0.2) is 47.3 Å². The number of rotatable bonds is 2. The molecule has 1 N–H and O–H groups in total. The van der Waals surface area contributed by atoms with E-state index in [1.807, 2.05) is 12.3 Å². The molecule has 1 fully saturated rings. The summed E-state index contributed by atoms with van der Waals surface area (Å²) >= 11 is 0. The van der Waals surface area contributed by atoms with Gasteiger partial charge in [-0.3, -0.25) is 4.79 Å². The molecule has 6 nitrogen and oxygen atoms in total. The molecule has 0 spiro atoms. The third-order valence-corrected chi connectivity index (χ3v) is 6.00. The van der Waals surface area contributed by atoms with Gasteiger partial charge in [0.15, 0.2) is 0 Å². The van der Waals surface area contributed by atoms with Gasteiger partial charge in [0.1, 0.15) is 11.6 Å². The third kappa shape index (κ3) is 2.60. The molecule has 5 rings (SSSR count). The average molecular weight is 352 g/mol. The van der Waals surface area contributed by atoms with Crippen molar-refractivity contribution >= 4 is 11.7 Å². The second-order valence-electron chi connectivity index (χ2n) is 7.70. The monoisotopic (exact) mass is 352 g/mol. The molecule has 1 amide bonds. The molecule has 1 unspecified atom stereocenters. The number of carbonyl (C=O) groups excluding carboxylic acids is 1. The molecular weight excluding hydrogens is 328 g/mol. The van der Waals surface area contributed by atoms with Gasteiger partial charge in [-0.1, -0.05) is 12.1 Å². The third-order valence-electron chi connectivity index (χ3n) is 6.00. The first-order valence-electron chi connectivity index (χ1n) is 9.50. The van der Waals surface area contributed by atoms with E-state index in [-0.39, 0.29) is 11.8 Å². The molecule has 4 heterocycles. The van der Waals surface area contributed by atoms with Gasteiger partial charge in [0, 0.05) is 24.3 Å². The van der Waals surface area contributed by atoms with Gasteiger partial charge in [0.05, 0.1) is 18.8 Å². The number of benzene rings is 1. The number of likely N-dealkylation sites (tertiary alicyclic amines) is 1. The lowest BCUT2D eigenvalue weighted by Gasteiger charge is -2.31. The van der Waals surface area contributed by atoms with Crippen molar-refractivity contribution in [2.75, 3.05) is 32.1 Å². The molecule has 1 aromatic heterocycles. The normalized spacial score (nSPS) is 23.3. The molecule has 26 heavy (non-hydrogen) atoms. The maximum absolute atomic E-state index is 12.4. The Labute approximate surface area is 153 Å². The van der Waals surface area contributed by atoms with Crippen LogP contribution >= 0.6 is 0 Å². The van der Waals surface area contributed by atoms with Crippen LogP contribution in [0.25, 0.3) is 0 Å². The zero-order valence-corrected chi connectivity index (χ0v) is 15.1. The van der Waals surface area contributed by atoms with Crippen LogP contribution in [0, 0.1) is 0 Å². The predicted octanol–water partition coefficient (Wildman–Crippen LogP) is 2.56. The van der Waals surface area contributed by atoms with Gasteiger partial charge >= 0.3 is 0 Å². The van der Waals surface area contributed by atoms with Gasteiger partial charge in [0.2, 0.25) is 5.91 Å². The number of aromatic nitrogens is 2. The van der Waals surface area contributed by atoms with Crippen LogP contribution in [0.2, 0.25) is 0 Å². The van der Waals surface area contributed by atoms with Gasteiger partial charge in [-0.2, -0.15) is 5.10 Å². The molecular formula is C20H24N4O2. The van der Waals surface area contributed by atoms with Crippen LogP contribution in [0.15, 0.2) is 24.4 Å². The van der Waals surface area contributed by atoms with E-state index in [1.54, 1.807) is 0 Å². The zero-order valence-electron chi connectivity index (χ0n) is 15.1. The molecule has 1 aromatic carbocycles. The fraction of sp³-hybridized carbons (Fsp3) is 0.500. The highest BCUT2D eigenvalue weighted by atomic mass is 16.5. The number of piperidine rings is 1. The Kier molecular flexibility index (Phi) is 3.74. The Bertz CT molecular complexity index is 851. The summed E-state index contributed by atoms with van der Waals surface area (Å²) in [5.41, 5.74) is 3.58. The van der Waals surface area contributed by atoms with E-state index in [2.05, 4.69) is 39.2 Å². The molecule has 2 aromatic rings. The van der Waals surface area contributed by atoms with Crippen molar-refractivity contribution in [1.29, 1.82) is 0 Å². The number of ether oxygens (including phenoxy) is 1. The molecule has 0 aliphatic carbocycles. The fourth-order valence-electron chi connectivity index (χ4n) is 4.48. The van der Waals surface area contributed by atoms with Crippen molar-refractivity contribution in [3.8, 4) is 5.75 Å². The van der Waals surface area contributed by atoms with Crippen LogP contribution in [0.3, 0.4) is 0 Å². The Morgan fingerprint density at radius 1 is 1.27 bits per heavy atom. The number of hydrogen-bond donors (Lipinski definition) is 1. The van der Waals surface area contributed by atoms with Gasteiger partial charge in [-0.25, -0.2) is 4.68 Å². The lowest BCUT2D eigenvalue weighted by Crippen LogP contribution is -2.33. The molecule has 136 valence electrons. The molecule has 0 bridgehead atoms. The van der Waals surface area contributed by atoms with E-state index in [0.717, 1.165) is 56.1 Å². The Balaban J connectivity index is 1.50. The van der Waals surface area contributed by atoms with E-state index in [0.29, 0.717) is 12.5 Å². The van der Waals surface area contributed by atoms with Crippen LogP contribution in [0.4, 0.5) is 5.82 Å². The Morgan fingerprint density at radius 3 is 2.96 bits per heavy atom. The molecule has 6 heteroatoms. The summed E-state index contributed by atoms with van der Waals surface area (Å²) in [6.45, 7) is 2.90. The highest BCUT2D eigenvalue weighted by Crippen LogP contribution is 2.40. The number of nitrogens with one attached hydrogen (secondary N) is 1. The summed E-state index contributed by atoms with van der Waals surface area (Å²) in [4.78, 5) is 14.8. The minimum Gasteiger partial charge on any atom is -0.493 e. The largest absolute Gasteiger partial charge is 0.493 e. The van der Waals surface area contributed by atoms with Gasteiger partial charge in [0.25, 0.3) is 0 Å². The van der Waals surface area contributed by atoms with Crippen LogP contribution in [0.5, 0.6) is 5.75 Å². The smallest absolute Gasteiger partial charge is 0.226 e. The summed E-state index contributed by atoms with van der Waals surface area (Å²) in [5.74, 6) is 2.03.